The van der Waals surface area contributed by atoms with E-state index in [4.69, 9.17) is 5.11 Å². The summed E-state index contributed by atoms with van der Waals surface area (Å²) in [7, 11) is 1.94. The lowest BCUT2D eigenvalue weighted by Gasteiger charge is -2.11. The molecule has 0 amide bonds. The molecule has 0 spiro atoms. The van der Waals surface area contributed by atoms with Gasteiger partial charge in [0.15, 0.2) is 0 Å². The van der Waals surface area contributed by atoms with Gasteiger partial charge in [-0.25, -0.2) is 4.39 Å². The van der Waals surface area contributed by atoms with Crippen LogP contribution in [-0.2, 0) is 0 Å². The quantitative estimate of drug-likeness (QED) is 0.798. The van der Waals surface area contributed by atoms with E-state index in [1.807, 2.05) is 24.1 Å². The Morgan fingerprint density at radius 1 is 1.33 bits per heavy atom. The van der Waals surface area contributed by atoms with Crippen LogP contribution in [0.4, 0.5) is 4.39 Å². The van der Waals surface area contributed by atoms with Crippen LogP contribution in [0.2, 0.25) is 0 Å². The highest BCUT2D eigenvalue weighted by molar-refractivity contribution is 5.48. The first-order valence-corrected chi connectivity index (χ1v) is 4.94. The summed E-state index contributed by atoms with van der Waals surface area (Å²) in [6.07, 6.45) is 3.93. The van der Waals surface area contributed by atoms with Crippen LogP contribution in [0.25, 0.3) is 6.08 Å². The lowest BCUT2D eigenvalue weighted by atomic mass is 10.2. The molecular formula is C12H16FNO. The molecule has 2 nitrogen and oxygen atoms in total. The second kappa shape index (κ2) is 6.32. The van der Waals surface area contributed by atoms with Gasteiger partial charge in [0.1, 0.15) is 5.82 Å². The summed E-state index contributed by atoms with van der Waals surface area (Å²) in [5.41, 5.74) is 0.980. The zero-order valence-corrected chi connectivity index (χ0v) is 8.86. The van der Waals surface area contributed by atoms with Gasteiger partial charge in [-0.3, -0.25) is 0 Å². The summed E-state index contributed by atoms with van der Waals surface area (Å²) in [5, 5.41) is 8.68. The van der Waals surface area contributed by atoms with Crippen molar-refractivity contribution in [1.82, 2.24) is 4.90 Å². The van der Waals surface area contributed by atoms with Crippen molar-refractivity contribution in [3.63, 3.8) is 0 Å². The van der Waals surface area contributed by atoms with Gasteiger partial charge in [0, 0.05) is 13.1 Å². The molecule has 3 heteroatoms. The van der Waals surface area contributed by atoms with Crippen molar-refractivity contribution in [3.8, 4) is 0 Å². The number of hydrogen-bond donors (Lipinski definition) is 1. The molecule has 0 aromatic heterocycles. The molecule has 82 valence electrons. The van der Waals surface area contributed by atoms with Gasteiger partial charge in [0.05, 0.1) is 6.61 Å². The van der Waals surface area contributed by atoms with E-state index in [-0.39, 0.29) is 12.4 Å². The first kappa shape index (κ1) is 11.9. The van der Waals surface area contributed by atoms with Crippen molar-refractivity contribution < 1.29 is 9.50 Å². The molecule has 1 N–H and O–H groups in total. The first-order valence-electron chi connectivity index (χ1n) is 4.94. The van der Waals surface area contributed by atoms with E-state index in [2.05, 4.69) is 0 Å². The standard InChI is InChI=1S/C12H16FNO/c1-14(9-10-15)8-2-3-11-4-6-12(13)7-5-11/h2-7,15H,8-10H2,1H3/b3-2+. The molecule has 0 fully saturated rings. The van der Waals surface area contributed by atoms with Crippen LogP contribution in [0.1, 0.15) is 5.56 Å². The Morgan fingerprint density at radius 3 is 2.60 bits per heavy atom. The molecule has 0 saturated heterocycles. The third kappa shape index (κ3) is 4.72. The fourth-order valence-electron chi connectivity index (χ4n) is 1.20. The fraction of sp³-hybridized carbons (Fsp3) is 0.333. The number of nitrogens with zero attached hydrogens (tertiary/aromatic N) is 1. The maximum absolute atomic E-state index is 12.6. The van der Waals surface area contributed by atoms with Crippen LogP contribution in [0.15, 0.2) is 30.3 Å². The molecule has 1 rings (SSSR count). The van der Waals surface area contributed by atoms with Crippen molar-refractivity contribution in [1.29, 1.82) is 0 Å². The fourth-order valence-corrected chi connectivity index (χ4v) is 1.20. The summed E-state index contributed by atoms with van der Waals surface area (Å²) in [4.78, 5) is 2.00. The summed E-state index contributed by atoms with van der Waals surface area (Å²) >= 11 is 0. The average Bonchev–Trinajstić information content (AvgIpc) is 2.21. The van der Waals surface area contributed by atoms with E-state index in [9.17, 15) is 4.39 Å². The molecule has 0 aliphatic rings. The van der Waals surface area contributed by atoms with E-state index >= 15 is 0 Å². The molecule has 0 radical (unpaired) electrons. The second-order valence-electron chi connectivity index (χ2n) is 3.44. The van der Waals surface area contributed by atoms with Crippen LogP contribution in [0.5, 0.6) is 0 Å². The Labute approximate surface area is 89.7 Å². The number of halogens is 1. The second-order valence-corrected chi connectivity index (χ2v) is 3.44. The molecule has 1 aromatic rings. The molecule has 0 aliphatic carbocycles. The van der Waals surface area contributed by atoms with Gasteiger partial charge in [0.2, 0.25) is 0 Å². The summed E-state index contributed by atoms with van der Waals surface area (Å²) in [6, 6.07) is 6.35. The van der Waals surface area contributed by atoms with Gasteiger partial charge in [0.25, 0.3) is 0 Å². The van der Waals surface area contributed by atoms with Crippen LogP contribution in [0, 0.1) is 5.82 Å². The van der Waals surface area contributed by atoms with Crippen molar-refractivity contribution >= 4 is 6.08 Å². The molecule has 0 aliphatic heterocycles. The average molecular weight is 209 g/mol. The first-order chi connectivity index (χ1) is 7.22. The molecular weight excluding hydrogens is 193 g/mol. The van der Waals surface area contributed by atoms with Gasteiger partial charge in [-0.2, -0.15) is 0 Å². The Balaban J connectivity index is 2.41. The number of rotatable bonds is 5. The van der Waals surface area contributed by atoms with E-state index < -0.39 is 0 Å². The molecule has 1 aromatic carbocycles. The van der Waals surface area contributed by atoms with Crippen LogP contribution >= 0.6 is 0 Å². The maximum Gasteiger partial charge on any atom is 0.123 e. The van der Waals surface area contributed by atoms with Crippen molar-refractivity contribution in [2.24, 2.45) is 0 Å². The number of likely N-dealkylation sites (N-methyl/N-ethyl adjacent to an activating group) is 1. The van der Waals surface area contributed by atoms with Gasteiger partial charge in [-0.05, 0) is 24.7 Å². The molecule has 0 atom stereocenters. The predicted molar refractivity (Wildman–Crippen MR) is 60.0 cm³/mol. The molecule has 0 unspecified atom stereocenters. The number of aliphatic hydroxyl groups excluding tert-OH is 1. The van der Waals surface area contributed by atoms with Crippen molar-refractivity contribution in [3.05, 3.63) is 41.7 Å². The Bertz CT molecular complexity index is 308. The van der Waals surface area contributed by atoms with Crippen molar-refractivity contribution in [2.75, 3.05) is 26.7 Å². The highest BCUT2D eigenvalue weighted by Crippen LogP contribution is 2.04. The largest absolute Gasteiger partial charge is 0.395 e. The normalized spacial score (nSPS) is 11.5. The van der Waals surface area contributed by atoms with Crippen LogP contribution in [-0.4, -0.2) is 36.8 Å². The van der Waals surface area contributed by atoms with E-state index in [1.54, 1.807) is 12.1 Å². The van der Waals surface area contributed by atoms with Gasteiger partial charge in [-0.1, -0.05) is 24.3 Å². The summed E-state index contributed by atoms with van der Waals surface area (Å²) < 4.78 is 12.6. The third-order valence-corrected chi connectivity index (χ3v) is 2.08. The predicted octanol–water partition coefficient (Wildman–Crippen LogP) is 1.76. The maximum atomic E-state index is 12.6. The highest BCUT2D eigenvalue weighted by atomic mass is 19.1. The number of aliphatic hydroxyl groups is 1. The van der Waals surface area contributed by atoms with Gasteiger partial charge in [-0.15, -0.1) is 0 Å². The Hall–Kier alpha value is -1.19. The zero-order chi connectivity index (χ0) is 11.1. The molecule has 15 heavy (non-hydrogen) atoms. The monoisotopic (exact) mass is 209 g/mol. The summed E-state index contributed by atoms with van der Waals surface area (Å²) in [6.45, 7) is 1.60. The van der Waals surface area contributed by atoms with Crippen LogP contribution < -0.4 is 0 Å². The van der Waals surface area contributed by atoms with E-state index in [0.717, 1.165) is 12.1 Å². The van der Waals surface area contributed by atoms with Crippen molar-refractivity contribution in [2.45, 2.75) is 0 Å². The SMILES string of the molecule is CN(C/C=C/c1ccc(F)cc1)CCO. The lowest BCUT2D eigenvalue weighted by molar-refractivity contribution is 0.232. The topological polar surface area (TPSA) is 23.5 Å². The third-order valence-electron chi connectivity index (χ3n) is 2.08. The highest BCUT2D eigenvalue weighted by Gasteiger charge is 1.92. The smallest absolute Gasteiger partial charge is 0.123 e. The minimum Gasteiger partial charge on any atom is -0.395 e. The number of hydrogen-bond acceptors (Lipinski definition) is 2. The minimum absolute atomic E-state index is 0.168. The molecule has 0 saturated carbocycles. The lowest BCUT2D eigenvalue weighted by Crippen LogP contribution is -2.21. The van der Waals surface area contributed by atoms with Crippen LogP contribution in [0.3, 0.4) is 0 Å². The van der Waals surface area contributed by atoms with E-state index in [1.165, 1.54) is 12.1 Å². The Morgan fingerprint density at radius 2 is 2.00 bits per heavy atom. The zero-order valence-electron chi connectivity index (χ0n) is 8.86. The van der Waals surface area contributed by atoms with Gasteiger partial charge >= 0.3 is 0 Å². The number of benzene rings is 1. The molecule has 0 heterocycles. The summed E-state index contributed by atoms with van der Waals surface area (Å²) in [5.74, 6) is -0.218. The molecule has 0 bridgehead atoms. The van der Waals surface area contributed by atoms with E-state index in [0.29, 0.717) is 6.54 Å². The minimum atomic E-state index is -0.218. The Kier molecular flexibility index (Phi) is 5.01. The van der Waals surface area contributed by atoms with Gasteiger partial charge < -0.3 is 10.0 Å².